The predicted molar refractivity (Wildman–Crippen MR) is 91.0 cm³/mol. The molecular weight excluding hydrogens is 348 g/mol. The maximum Gasteiger partial charge on any atom is 0.339 e. The van der Waals surface area contributed by atoms with Gasteiger partial charge >= 0.3 is 5.97 Å². The van der Waals surface area contributed by atoms with Crippen LogP contribution in [0.25, 0.3) is 0 Å². The number of hydrogen-bond donors (Lipinski definition) is 2. The number of rotatable bonds is 5. The van der Waals surface area contributed by atoms with Gasteiger partial charge in [0.2, 0.25) is 9.84 Å². The summed E-state index contributed by atoms with van der Waals surface area (Å²) in [6.45, 7) is 4.58. The predicted octanol–water partition coefficient (Wildman–Crippen LogP) is 2.61. The Morgan fingerprint density at radius 1 is 1.12 bits per heavy atom. The maximum atomic E-state index is 11.4. The second-order valence-corrected chi connectivity index (χ2v) is 6.88. The quantitative estimate of drug-likeness (QED) is 0.824. The van der Waals surface area contributed by atoms with E-state index in [9.17, 15) is 13.2 Å². The number of allylic oxidation sites excluding steroid dienone is 3. The summed E-state index contributed by atoms with van der Waals surface area (Å²) in [7, 11) is -3.16. The Hall–Kier alpha value is -2.74. The van der Waals surface area contributed by atoms with Gasteiger partial charge in [-0.1, -0.05) is 0 Å². The Morgan fingerprint density at radius 2 is 1.80 bits per heavy atom. The van der Waals surface area contributed by atoms with E-state index in [-0.39, 0.29) is 11.3 Å². The molecule has 2 aliphatic heterocycles. The largest absolute Gasteiger partial charge is 0.507 e. The molecule has 0 atom stereocenters. The third-order valence-corrected chi connectivity index (χ3v) is 5.12. The van der Waals surface area contributed by atoms with Crippen molar-refractivity contribution in [3.8, 4) is 11.5 Å². The van der Waals surface area contributed by atoms with Crippen LogP contribution >= 0.6 is 0 Å². The fourth-order valence-electron chi connectivity index (χ4n) is 2.22. The summed E-state index contributed by atoms with van der Waals surface area (Å²) in [5.74, 6) is -0.497. The van der Waals surface area contributed by atoms with Gasteiger partial charge in [-0.3, -0.25) is 0 Å². The van der Waals surface area contributed by atoms with Crippen LogP contribution in [0.2, 0.25) is 0 Å². The van der Waals surface area contributed by atoms with Gasteiger partial charge in [0, 0.05) is 6.08 Å². The van der Waals surface area contributed by atoms with Crippen molar-refractivity contribution in [3.63, 3.8) is 0 Å². The molecule has 1 aromatic carbocycles. The van der Waals surface area contributed by atoms with Gasteiger partial charge in [0.15, 0.2) is 0 Å². The van der Waals surface area contributed by atoms with Crippen LogP contribution in [-0.4, -0.2) is 37.8 Å². The van der Waals surface area contributed by atoms with E-state index in [4.69, 9.17) is 19.7 Å². The van der Waals surface area contributed by atoms with Gasteiger partial charge in [-0.15, -0.1) is 0 Å². The van der Waals surface area contributed by atoms with Gasteiger partial charge in [0.25, 0.3) is 0 Å². The van der Waals surface area contributed by atoms with Gasteiger partial charge in [0.1, 0.15) is 27.7 Å². The van der Waals surface area contributed by atoms with E-state index in [0.29, 0.717) is 34.5 Å². The third kappa shape index (κ3) is 3.85. The molecule has 0 amide bonds. The number of aromatic hydroxyl groups is 1. The number of ether oxygens (including phenoxy) is 2. The maximum absolute atomic E-state index is 11.4. The van der Waals surface area contributed by atoms with E-state index in [1.54, 1.807) is 25.2 Å². The molecule has 0 aromatic heterocycles. The van der Waals surface area contributed by atoms with Crippen molar-refractivity contribution < 1.29 is 32.9 Å². The molecule has 8 heteroatoms. The highest BCUT2D eigenvalue weighted by Crippen LogP contribution is 2.37. The Kier molecular flexibility index (Phi) is 5.53. The molecule has 0 aliphatic carbocycles. The second kappa shape index (κ2) is 7.43. The summed E-state index contributed by atoms with van der Waals surface area (Å²) in [5, 5.41) is 17.8. The Bertz CT molecular complexity index is 876. The van der Waals surface area contributed by atoms with E-state index in [0.717, 1.165) is 0 Å². The average molecular weight is 366 g/mol. The summed E-state index contributed by atoms with van der Waals surface area (Å²) >= 11 is 0. The van der Waals surface area contributed by atoms with Crippen molar-refractivity contribution >= 4 is 15.8 Å². The molecule has 2 bridgehead atoms. The molecule has 0 fully saturated rings. The molecule has 2 heterocycles. The van der Waals surface area contributed by atoms with Crippen molar-refractivity contribution in [1.29, 1.82) is 0 Å². The highest BCUT2D eigenvalue weighted by molar-refractivity contribution is 8.00. The van der Waals surface area contributed by atoms with Crippen LogP contribution in [0.3, 0.4) is 0 Å². The van der Waals surface area contributed by atoms with E-state index in [2.05, 4.69) is 0 Å². The van der Waals surface area contributed by atoms with Gasteiger partial charge in [-0.25, -0.2) is 13.2 Å². The van der Waals surface area contributed by atoms with Crippen molar-refractivity contribution in [2.24, 2.45) is 0 Å². The molecule has 3 rings (SSSR count). The highest BCUT2D eigenvalue weighted by atomic mass is 32.2. The zero-order valence-corrected chi connectivity index (χ0v) is 14.5. The molecule has 7 nitrogen and oxygen atoms in total. The van der Waals surface area contributed by atoms with Crippen LogP contribution in [0.1, 0.15) is 24.2 Å². The molecule has 2 N–H and O–H groups in total. The first-order chi connectivity index (χ1) is 11.8. The van der Waals surface area contributed by atoms with Crippen LogP contribution in [0.15, 0.2) is 52.0 Å². The molecule has 25 heavy (non-hydrogen) atoms. The van der Waals surface area contributed by atoms with Crippen molar-refractivity contribution in [2.75, 3.05) is 13.2 Å². The number of aromatic carboxylic acids is 1. The SMILES string of the molecule is CCOC1=C2C=CC(=C1)S2(=O)=O.CCOc1ccc(O)c(C(=O)O)c1. The number of carboxylic acids is 1. The fraction of sp³-hybridized carbons (Fsp3) is 0.235. The molecule has 134 valence electrons. The molecule has 0 unspecified atom stereocenters. The Morgan fingerprint density at radius 3 is 2.28 bits per heavy atom. The number of fused-ring (bicyclic) bond motifs is 2. The summed E-state index contributed by atoms with van der Waals surface area (Å²) < 4.78 is 33.0. The normalized spacial score (nSPS) is 16.2. The number of benzene rings is 1. The summed E-state index contributed by atoms with van der Waals surface area (Å²) in [6.07, 6.45) is 4.73. The molecule has 0 radical (unpaired) electrons. The standard InChI is InChI=1S/C9H10O4.C8H8O3S/c1-2-13-6-3-4-8(10)7(5-6)9(11)12;1-2-11-7-5-6-3-4-8(7)12(6,9)10/h3-5,10H,2H2,1H3,(H,11,12);3-5H,2H2,1H3. The minimum Gasteiger partial charge on any atom is -0.507 e. The lowest BCUT2D eigenvalue weighted by molar-refractivity contribution is 0.0693. The van der Waals surface area contributed by atoms with E-state index in [1.165, 1.54) is 18.2 Å². The molecule has 0 saturated carbocycles. The topological polar surface area (TPSA) is 110 Å². The lowest BCUT2D eigenvalue weighted by Gasteiger charge is -2.04. The molecule has 2 aliphatic rings. The minimum atomic E-state index is -3.16. The summed E-state index contributed by atoms with van der Waals surface area (Å²) in [4.78, 5) is 11.2. The Balaban J connectivity index is 0.000000181. The monoisotopic (exact) mass is 366 g/mol. The van der Waals surface area contributed by atoms with Crippen LogP contribution in [0.5, 0.6) is 11.5 Å². The first-order valence-electron chi connectivity index (χ1n) is 7.52. The molecule has 0 spiro atoms. The van der Waals surface area contributed by atoms with Gasteiger partial charge in [0.05, 0.1) is 18.1 Å². The molecule has 1 aromatic rings. The number of carboxylic acid groups (broad SMARTS) is 1. The summed E-state index contributed by atoms with van der Waals surface area (Å²) in [5.41, 5.74) is -0.147. The number of carbonyl (C=O) groups is 1. The van der Waals surface area contributed by atoms with E-state index < -0.39 is 15.8 Å². The van der Waals surface area contributed by atoms with Crippen molar-refractivity contribution in [3.05, 3.63) is 57.6 Å². The smallest absolute Gasteiger partial charge is 0.339 e. The second-order valence-electron chi connectivity index (χ2n) is 4.96. The number of phenols is 1. The summed E-state index contributed by atoms with van der Waals surface area (Å²) in [6, 6.07) is 4.11. The van der Waals surface area contributed by atoms with Crippen LogP contribution in [-0.2, 0) is 14.6 Å². The van der Waals surface area contributed by atoms with Crippen molar-refractivity contribution in [1.82, 2.24) is 0 Å². The number of hydrogen-bond acceptors (Lipinski definition) is 6. The van der Waals surface area contributed by atoms with Gasteiger partial charge in [-0.2, -0.15) is 0 Å². The zero-order chi connectivity index (χ0) is 18.6. The van der Waals surface area contributed by atoms with Crippen LogP contribution in [0.4, 0.5) is 0 Å². The lowest BCUT2D eigenvalue weighted by atomic mass is 10.2. The Labute approximate surface area is 145 Å². The van der Waals surface area contributed by atoms with Gasteiger partial charge in [-0.05, 0) is 44.2 Å². The number of sulfone groups is 1. The van der Waals surface area contributed by atoms with Crippen molar-refractivity contribution in [2.45, 2.75) is 13.8 Å². The first kappa shape index (κ1) is 18.6. The van der Waals surface area contributed by atoms with E-state index in [1.807, 2.05) is 6.92 Å². The van der Waals surface area contributed by atoms with E-state index >= 15 is 0 Å². The average Bonchev–Trinajstić information content (AvgIpc) is 2.97. The minimum absolute atomic E-state index is 0.147. The highest BCUT2D eigenvalue weighted by Gasteiger charge is 2.34. The van der Waals surface area contributed by atoms with Crippen LogP contribution < -0.4 is 4.74 Å². The zero-order valence-electron chi connectivity index (χ0n) is 13.7. The lowest BCUT2D eigenvalue weighted by Crippen LogP contribution is -1.98. The molecule has 0 saturated heterocycles. The molecular formula is C17H18O7S. The van der Waals surface area contributed by atoms with Crippen LogP contribution in [0, 0.1) is 0 Å². The fourth-order valence-corrected chi connectivity index (χ4v) is 3.61. The van der Waals surface area contributed by atoms with Gasteiger partial charge < -0.3 is 19.7 Å². The first-order valence-corrected chi connectivity index (χ1v) is 9.00. The third-order valence-electron chi connectivity index (χ3n) is 3.32.